The first-order chi connectivity index (χ1) is 12.5. The molecule has 0 saturated carbocycles. The van der Waals surface area contributed by atoms with Gasteiger partial charge in [-0.15, -0.1) is 11.3 Å². The van der Waals surface area contributed by atoms with Crippen LogP contribution in [-0.2, 0) is 22.4 Å². The summed E-state index contributed by atoms with van der Waals surface area (Å²) in [5.41, 5.74) is 1.48. The van der Waals surface area contributed by atoms with Gasteiger partial charge in [0.1, 0.15) is 16.5 Å². The Morgan fingerprint density at radius 3 is 2.46 bits per heavy atom. The van der Waals surface area contributed by atoms with Crippen LogP contribution in [0.2, 0.25) is 0 Å². The fraction of sp³-hybridized carbons (Fsp3) is 0.368. The highest BCUT2D eigenvalue weighted by Gasteiger charge is 2.29. The molecule has 1 aromatic carbocycles. The van der Waals surface area contributed by atoms with Crippen molar-refractivity contribution in [2.45, 2.75) is 32.3 Å². The maximum absolute atomic E-state index is 12.5. The quantitative estimate of drug-likeness (QED) is 0.783. The monoisotopic (exact) mass is 375 g/mol. The van der Waals surface area contributed by atoms with Gasteiger partial charge in [0.05, 0.1) is 19.8 Å². The van der Waals surface area contributed by atoms with Crippen LogP contribution in [0, 0.1) is 0 Å². The third-order valence-corrected chi connectivity index (χ3v) is 5.50. The number of hydrogen-bond donors (Lipinski definition) is 1. The zero-order valence-electron chi connectivity index (χ0n) is 15.0. The first-order valence-electron chi connectivity index (χ1n) is 8.38. The van der Waals surface area contributed by atoms with Gasteiger partial charge in [-0.1, -0.05) is 0 Å². The lowest BCUT2D eigenvalue weighted by Crippen LogP contribution is -2.30. The number of benzene rings is 1. The Hall–Kier alpha value is -2.54. The van der Waals surface area contributed by atoms with Crippen LogP contribution in [0.15, 0.2) is 24.3 Å². The molecule has 0 spiro atoms. The molecule has 138 valence electrons. The number of nitrogens with one attached hydrogen (secondary N) is 1. The zero-order valence-corrected chi connectivity index (χ0v) is 15.8. The van der Waals surface area contributed by atoms with Crippen LogP contribution in [0.25, 0.3) is 0 Å². The van der Waals surface area contributed by atoms with Crippen molar-refractivity contribution in [3.63, 3.8) is 0 Å². The number of amides is 1. The van der Waals surface area contributed by atoms with Crippen molar-refractivity contribution in [1.82, 2.24) is 0 Å². The largest absolute Gasteiger partial charge is 0.497 e. The SMILES string of the molecule is COC(=O)c1c(NC(=O)[C@H](C)Oc2ccc(OC)cc2)sc2c1CCC2. The second kappa shape index (κ2) is 7.78. The lowest BCUT2D eigenvalue weighted by Gasteiger charge is -2.15. The van der Waals surface area contributed by atoms with Crippen molar-refractivity contribution < 1.29 is 23.8 Å². The molecule has 0 unspecified atom stereocenters. The molecular formula is C19H21NO5S. The number of carbonyl (C=O) groups is 2. The molecule has 0 aliphatic heterocycles. The van der Waals surface area contributed by atoms with Crippen molar-refractivity contribution in [3.8, 4) is 11.5 Å². The topological polar surface area (TPSA) is 73.9 Å². The van der Waals surface area contributed by atoms with E-state index in [2.05, 4.69) is 5.32 Å². The lowest BCUT2D eigenvalue weighted by molar-refractivity contribution is -0.122. The minimum absolute atomic E-state index is 0.314. The predicted molar refractivity (Wildman–Crippen MR) is 99.4 cm³/mol. The Kier molecular flexibility index (Phi) is 5.46. The highest BCUT2D eigenvalue weighted by Crippen LogP contribution is 2.39. The van der Waals surface area contributed by atoms with Gasteiger partial charge in [-0.2, -0.15) is 0 Å². The normalized spacial score (nSPS) is 13.7. The van der Waals surface area contributed by atoms with Crippen molar-refractivity contribution in [3.05, 3.63) is 40.3 Å². The third kappa shape index (κ3) is 3.67. The summed E-state index contributed by atoms with van der Waals surface area (Å²) >= 11 is 1.44. The van der Waals surface area contributed by atoms with E-state index in [1.807, 2.05) is 0 Å². The van der Waals surface area contributed by atoms with Gasteiger partial charge in [0.15, 0.2) is 6.10 Å². The number of thiophene rings is 1. The summed E-state index contributed by atoms with van der Waals surface area (Å²) in [6, 6.07) is 7.00. The maximum atomic E-state index is 12.5. The Balaban J connectivity index is 1.72. The Labute approximate surface area is 156 Å². The number of anilines is 1. The van der Waals surface area contributed by atoms with Crippen LogP contribution in [0.4, 0.5) is 5.00 Å². The molecule has 1 amide bonds. The van der Waals surface area contributed by atoms with Gasteiger partial charge >= 0.3 is 5.97 Å². The molecule has 2 aromatic rings. The highest BCUT2D eigenvalue weighted by atomic mass is 32.1. The number of methoxy groups -OCH3 is 2. The number of rotatable bonds is 6. The molecule has 26 heavy (non-hydrogen) atoms. The fourth-order valence-electron chi connectivity index (χ4n) is 2.94. The van der Waals surface area contributed by atoms with Gasteiger partial charge in [-0.25, -0.2) is 4.79 Å². The summed E-state index contributed by atoms with van der Waals surface area (Å²) in [6.45, 7) is 1.67. The van der Waals surface area contributed by atoms with E-state index in [0.29, 0.717) is 22.1 Å². The van der Waals surface area contributed by atoms with Crippen LogP contribution >= 0.6 is 11.3 Å². The van der Waals surface area contributed by atoms with E-state index in [1.54, 1.807) is 38.3 Å². The van der Waals surface area contributed by atoms with Crippen LogP contribution in [-0.4, -0.2) is 32.2 Å². The molecule has 1 aliphatic carbocycles. The van der Waals surface area contributed by atoms with E-state index >= 15 is 0 Å². The Morgan fingerprint density at radius 1 is 1.12 bits per heavy atom. The van der Waals surface area contributed by atoms with Gasteiger partial charge in [0.2, 0.25) is 0 Å². The molecule has 7 heteroatoms. The summed E-state index contributed by atoms with van der Waals surface area (Å²) in [5, 5.41) is 3.37. The molecule has 0 fully saturated rings. The van der Waals surface area contributed by atoms with Crippen LogP contribution in [0.5, 0.6) is 11.5 Å². The molecule has 1 aromatic heterocycles. The molecule has 0 saturated heterocycles. The molecule has 1 N–H and O–H groups in total. The first-order valence-corrected chi connectivity index (χ1v) is 9.19. The van der Waals surface area contributed by atoms with E-state index < -0.39 is 12.1 Å². The summed E-state index contributed by atoms with van der Waals surface area (Å²) in [7, 11) is 2.94. The van der Waals surface area contributed by atoms with Crippen molar-refractivity contribution in [2.24, 2.45) is 0 Å². The lowest BCUT2D eigenvalue weighted by atomic mass is 10.1. The van der Waals surface area contributed by atoms with E-state index in [1.165, 1.54) is 18.4 Å². The van der Waals surface area contributed by atoms with Crippen LogP contribution in [0.3, 0.4) is 0 Å². The predicted octanol–water partition coefficient (Wildman–Crippen LogP) is 3.44. The Morgan fingerprint density at radius 2 is 1.81 bits per heavy atom. The van der Waals surface area contributed by atoms with Gasteiger partial charge < -0.3 is 19.5 Å². The van der Waals surface area contributed by atoms with Gasteiger partial charge in [-0.05, 0) is 56.0 Å². The molecule has 0 radical (unpaired) electrons. The summed E-state index contributed by atoms with van der Waals surface area (Å²) in [4.78, 5) is 25.8. The minimum atomic E-state index is -0.717. The van der Waals surface area contributed by atoms with Crippen molar-refractivity contribution in [2.75, 3.05) is 19.5 Å². The summed E-state index contributed by atoms with van der Waals surface area (Å²) < 4.78 is 15.7. The molecule has 0 bridgehead atoms. The molecular weight excluding hydrogens is 354 g/mol. The van der Waals surface area contributed by atoms with E-state index in [0.717, 1.165) is 29.7 Å². The van der Waals surface area contributed by atoms with E-state index in [9.17, 15) is 9.59 Å². The maximum Gasteiger partial charge on any atom is 0.341 e. The number of fused-ring (bicyclic) bond motifs is 1. The average molecular weight is 375 g/mol. The smallest absolute Gasteiger partial charge is 0.341 e. The van der Waals surface area contributed by atoms with Gasteiger partial charge in [0.25, 0.3) is 5.91 Å². The molecule has 6 nitrogen and oxygen atoms in total. The first kappa shape index (κ1) is 18.3. The highest BCUT2D eigenvalue weighted by molar-refractivity contribution is 7.17. The Bertz CT molecular complexity index is 812. The van der Waals surface area contributed by atoms with E-state index in [-0.39, 0.29) is 5.91 Å². The minimum Gasteiger partial charge on any atom is -0.497 e. The van der Waals surface area contributed by atoms with Crippen LogP contribution in [0.1, 0.15) is 34.1 Å². The fourth-order valence-corrected chi connectivity index (χ4v) is 4.22. The summed E-state index contributed by atoms with van der Waals surface area (Å²) in [5.74, 6) is 0.551. The number of esters is 1. The number of hydrogen-bond acceptors (Lipinski definition) is 6. The standard InChI is InChI=1S/C19H21NO5S/c1-11(25-13-9-7-12(23-2)8-10-13)17(21)20-18-16(19(22)24-3)14-5-4-6-15(14)26-18/h7-11H,4-6H2,1-3H3,(H,20,21)/t11-/m0/s1. The zero-order chi connectivity index (χ0) is 18.7. The number of ether oxygens (including phenoxy) is 3. The molecule has 1 heterocycles. The van der Waals surface area contributed by atoms with E-state index in [4.69, 9.17) is 14.2 Å². The number of carbonyl (C=O) groups excluding carboxylic acids is 2. The summed E-state index contributed by atoms with van der Waals surface area (Å²) in [6.07, 6.45) is 2.07. The molecule has 1 atom stereocenters. The average Bonchev–Trinajstić information content (AvgIpc) is 3.22. The third-order valence-electron chi connectivity index (χ3n) is 4.29. The van der Waals surface area contributed by atoms with Crippen molar-refractivity contribution >= 4 is 28.2 Å². The van der Waals surface area contributed by atoms with Gasteiger partial charge in [-0.3, -0.25) is 4.79 Å². The van der Waals surface area contributed by atoms with Crippen LogP contribution < -0.4 is 14.8 Å². The second-order valence-electron chi connectivity index (χ2n) is 5.98. The number of aryl methyl sites for hydroxylation is 1. The molecule has 1 aliphatic rings. The molecule has 3 rings (SSSR count). The van der Waals surface area contributed by atoms with Gasteiger partial charge in [0, 0.05) is 4.88 Å². The second-order valence-corrected chi connectivity index (χ2v) is 7.08. The van der Waals surface area contributed by atoms with Crippen molar-refractivity contribution in [1.29, 1.82) is 0 Å².